The van der Waals surface area contributed by atoms with Crippen LogP contribution in [0.15, 0.2) is 24.3 Å². The molecule has 0 spiro atoms. The largest absolute Gasteiger partial charge is 0.459 e. The summed E-state index contributed by atoms with van der Waals surface area (Å²) >= 11 is 5.56. The predicted molar refractivity (Wildman–Crippen MR) is 61.6 cm³/mol. The molecule has 1 unspecified atom stereocenters. The van der Waals surface area contributed by atoms with Gasteiger partial charge in [-0.05, 0) is 24.6 Å². The smallest absolute Gasteiger partial charge is 0.385 e. The van der Waals surface area contributed by atoms with Gasteiger partial charge in [0.25, 0.3) is 0 Å². The molecule has 0 heterocycles. The van der Waals surface area contributed by atoms with Crippen LogP contribution in [0.2, 0.25) is 5.02 Å². The van der Waals surface area contributed by atoms with E-state index >= 15 is 0 Å². The molecule has 120 valence electrons. The summed E-state index contributed by atoms with van der Waals surface area (Å²) in [6, 6.07) is 4.66. The first kappa shape index (κ1) is 18.0. The zero-order valence-corrected chi connectivity index (χ0v) is 11.2. The highest BCUT2D eigenvalue weighted by Crippen LogP contribution is 2.50. The van der Waals surface area contributed by atoms with E-state index in [9.17, 15) is 35.8 Å². The van der Waals surface area contributed by atoms with Crippen LogP contribution in [0.4, 0.5) is 30.7 Å². The molecule has 1 rings (SSSR count). The predicted octanol–water partition coefficient (Wildman–Crippen LogP) is 4.77. The summed E-state index contributed by atoms with van der Waals surface area (Å²) in [5, 5.41) is 9.85. The maximum absolute atomic E-state index is 13.3. The molecule has 9 heteroatoms. The fourth-order valence-corrected chi connectivity index (χ4v) is 1.87. The minimum absolute atomic E-state index is 0.0127. The van der Waals surface area contributed by atoms with Crippen LogP contribution in [0.5, 0.6) is 0 Å². The topological polar surface area (TPSA) is 20.2 Å². The molecule has 0 fully saturated rings. The monoisotopic (exact) mass is 338 g/mol. The van der Waals surface area contributed by atoms with E-state index in [0.29, 0.717) is 6.92 Å². The molecule has 1 aromatic rings. The molecule has 0 amide bonds. The van der Waals surface area contributed by atoms with Crippen molar-refractivity contribution in [1.29, 1.82) is 0 Å². The molecule has 0 aliphatic carbocycles. The van der Waals surface area contributed by atoms with Gasteiger partial charge in [0.1, 0.15) is 0 Å². The summed E-state index contributed by atoms with van der Waals surface area (Å²) in [5.74, 6) is -11.8. The Kier molecular flexibility index (Phi) is 4.56. The van der Waals surface area contributed by atoms with Crippen LogP contribution in [0.1, 0.15) is 18.9 Å². The first-order valence-electron chi connectivity index (χ1n) is 5.51. The van der Waals surface area contributed by atoms with Gasteiger partial charge in [-0.1, -0.05) is 23.7 Å². The quantitative estimate of drug-likeness (QED) is 0.784. The van der Waals surface area contributed by atoms with Gasteiger partial charge in [0, 0.05) is 5.02 Å². The maximum atomic E-state index is 13.3. The van der Waals surface area contributed by atoms with Crippen LogP contribution in [-0.2, 0) is 5.60 Å². The highest BCUT2D eigenvalue weighted by Gasteiger charge is 2.73. The van der Waals surface area contributed by atoms with Crippen molar-refractivity contribution in [3.05, 3.63) is 34.9 Å². The number of alkyl halides is 7. The van der Waals surface area contributed by atoms with E-state index in [4.69, 9.17) is 11.6 Å². The van der Waals surface area contributed by atoms with Crippen LogP contribution in [0.25, 0.3) is 0 Å². The number of hydrogen-bond donors (Lipinski definition) is 1. The van der Waals surface area contributed by atoms with E-state index in [0.717, 1.165) is 12.1 Å². The number of rotatable bonds is 4. The minimum Gasteiger partial charge on any atom is -0.385 e. The Balaban J connectivity index is 3.13. The molecule has 1 atom stereocenters. The fourth-order valence-electron chi connectivity index (χ4n) is 1.68. The Bertz CT molecular complexity index is 511. The van der Waals surface area contributed by atoms with Gasteiger partial charge in [0.05, 0.1) is 12.0 Å². The van der Waals surface area contributed by atoms with Gasteiger partial charge in [-0.15, -0.1) is 0 Å². The fraction of sp³-hybridized carbons (Fsp3) is 0.500. The van der Waals surface area contributed by atoms with E-state index in [2.05, 4.69) is 0 Å². The molecule has 0 bridgehead atoms. The number of halogens is 8. The lowest BCUT2D eigenvalue weighted by atomic mass is 9.87. The molecule has 0 radical (unpaired) electrons. The van der Waals surface area contributed by atoms with Crippen molar-refractivity contribution in [3.8, 4) is 0 Å². The molecule has 1 nitrogen and oxygen atoms in total. The Hall–Kier alpha value is -1.02. The zero-order chi connectivity index (χ0) is 16.7. The average molecular weight is 339 g/mol. The van der Waals surface area contributed by atoms with Gasteiger partial charge >= 0.3 is 18.0 Å². The second kappa shape index (κ2) is 5.31. The van der Waals surface area contributed by atoms with Gasteiger partial charge in [-0.25, -0.2) is 0 Å². The highest BCUT2D eigenvalue weighted by atomic mass is 35.5. The Morgan fingerprint density at radius 1 is 1.05 bits per heavy atom. The van der Waals surface area contributed by atoms with Gasteiger partial charge in [0.2, 0.25) is 0 Å². The van der Waals surface area contributed by atoms with Crippen molar-refractivity contribution in [2.24, 2.45) is 0 Å². The first-order valence-corrected chi connectivity index (χ1v) is 5.89. The first-order chi connectivity index (χ1) is 9.21. The summed E-state index contributed by atoms with van der Waals surface area (Å²) in [6.07, 6.45) is -8.55. The highest BCUT2D eigenvalue weighted by molar-refractivity contribution is 6.30. The summed E-state index contributed by atoms with van der Waals surface area (Å²) in [5.41, 5.74) is -2.92. The van der Waals surface area contributed by atoms with E-state index < -0.39 is 30.0 Å². The summed E-state index contributed by atoms with van der Waals surface area (Å²) in [7, 11) is 0. The lowest BCUT2D eigenvalue weighted by Gasteiger charge is -2.34. The molecule has 1 N–H and O–H groups in total. The molecular formula is C12H10ClF7O. The van der Waals surface area contributed by atoms with Gasteiger partial charge in [-0.3, -0.25) is 0 Å². The van der Waals surface area contributed by atoms with Crippen LogP contribution < -0.4 is 0 Å². The third kappa shape index (κ3) is 3.60. The Morgan fingerprint density at radius 3 is 2.00 bits per heavy atom. The number of benzene rings is 1. The molecular weight excluding hydrogens is 329 g/mol. The second-order valence-corrected chi connectivity index (χ2v) is 5.17. The third-order valence-corrected chi connectivity index (χ3v) is 3.06. The lowest BCUT2D eigenvalue weighted by molar-refractivity contribution is -0.361. The van der Waals surface area contributed by atoms with Crippen molar-refractivity contribution in [1.82, 2.24) is 0 Å². The van der Waals surface area contributed by atoms with Gasteiger partial charge in [-0.2, -0.15) is 30.7 Å². The van der Waals surface area contributed by atoms with Crippen LogP contribution >= 0.6 is 11.6 Å². The van der Waals surface area contributed by atoms with Crippen LogP contribution in [-0.4, -0.2) is 23.1 Å². The summed E-state index contributed by atoms with van der Waals surface area (Å²) in [6.45, 7) is 0.707. The van der Waals surface area contributed by atoms with Crippen molar-refractivity contribution < 1.29 is 35.8 Å². The average Bonchev–Trinajstić information content (AvgIpc) is 2.25. The molecule has 0 saturated carbocycles. The molecule has 0 aliphatic heterocycles. The summed E-state index contributed by atoms with van der Waals surface area (Å²) < 4.78 is 88.4. The standard InChI is InChI=1S/C12H10ClF7O/c1-9(21,7-3-2-4-8(13)5-7)6-10(14,15)11(16,17)12(18,19)20/h2-5,21H,6H2,1H3. The third-order valence-electron chi connectivity index (χ3n) is 2.83. The van der Waals surface area contributed by atoms with Crippen molar-refractivity contribution in [2.45, 2.75) is 37.0 Å². The van der Waals surface area contributed by atoms with Crippen molar-refractivity contribution in [2.75, 3.05) is 0 Å². The zero-order valence-electron chi connectivity index (χ0n) is 10.5. The van der Waals surface area contributed by atoms with E-state index in [1.807, 2.05) is 0 Å². The molecule has 0 aliphatic rings. The van der Waals surface area contributed by atoms with Crippen molar-refractivity contribution in [3.63, 3.8) is 0 Å². The van der Waals surface area contributed by atoms with E-state index in [-0.39, 0.29) is 10.6 Å². The van der Waals surface area contributed by atoms with Crippen LogP contribution in [0, 0.1) is 0 Å². The van der Waals surface area contributed by atoms with E-state index in [1.165, 1.54) is 12.1 Å². The number of aliphatic hydroxyl groups is 1. The molecule has 0 saturated heterocycles. The van der Waals surface area contributed by atoms with Crippen molar-refractivity contribution >= 4 is 11.6 Å². The van der Waals surface area contributed by atoms with Gasteiger partial charge in [0.15, 0.2) is 0 Å². The molecule has 0 aromatic heterocycles. The second-order valence-electron chi connectivity index (χ2n) is 4.74. The molecule has 1 aromatic carbocycles. The summed E-state index contributed by atoms with van der Waals surface area (Å²) in [4.78, 5) is 0. The Labute approximate surface area is 120 Å². The SMILES string of the molecule is CC(O)(CC(F)(F)C(F)(F)C(F)(F)F)c1cccc(Cl)c1. The maximum Gasteiger partial charge on any atom is 0.459 e. The lowest BCUT2D eigenvalue weighted by Crippen LogP contribution is -2.54. The Morgan fingerprint density at radius 2 is 1.57 bits per heavy atom. The van der Waals surface area contributed by atoms with Gasteiger partial charge < -0.3 is 5.11 Å². The van der Waals surface area contributed by atoms with Crippen LogP contribution in [0.3, 0.4) is 0 Å². The normalized spacial score (nSPS) is 16.7. The van der Waals surface area contributed by atoms with E-state index in [1.54, 1.807) is 0 Å². The number of hydrogen-bond acceptors (Lipinski definition) is 1. The minimum atomic E-state index is -6.43. The molecule has 21 heavy (non-hydrogen) atoms.